The summed E-state index contributed by atoms with van der Waals surface area (Å²) in [5.74, 6) is 1.83. The predicted molar refractivity (Wildman–Crippen MR) is 69.8 cm³/mol. The standard InChI is InChI=1S/C15H17NO3/c17-15(11-8-10-2-3-12(11)16-10)9-1-4-13-14(7-9)19-6-5-18-13/h1,4,7,10-12,16H,2-3,5-6,8H2. The van der Waals surface area contributed by atoms with Crippen LogP contribution in [0.3, 0.4) is 0 Å². The number of rotatable bonds is 2. The lowest BCUT2D eigenvalue weighted by atomic mass is 9.83. The molecular weight excluding hydrogens is 242 g/mol. The molecule has 2 bridgehead atoms. The van der Waals surface area contributed by atoms with Crippen LogP contribution in [0.5, 0.6) is 11.5 Å². The summed E-state index contributed by atoms with van der Waals surface area (Å²) in [6, 6.07) is 6.48. The van der Waals surface area contributed by atoms with Crippen LogP contribution in [0.15, 0.2) is 18.2 Å². The molecule has 1 aromatic rings. The molecule has 1 N–H and O–H groups in total. The van der Waals surface area contributed by atoms with Crippen LogP contribution in [0.4, 0.5) is 0 Å². The summed E-state index contributed by atoms with van der Waals surface area (Å²) in [5.41, 5.74) is 0.753. The molecule has 3 unspecified atom stereocenters. The maximum Gasteiger partial charge on any atom is 0.167 e. The van der Waals surface area contributed by atoms with E-state index in [0.717, 1.165) is 24.2 Å². The normalized spacial score (nSPS) is 31.5. The lowest BCUT2D eigenvalue weighted by Crippen LogP contribution is -2.28. The second kappa shape index (κ2) is 4.23. The van der Waals surface area contributed by atoms with Gasteiger partial charge in [0.2, 0.25) is 0 Å². The fourth-order valence-electron chi connectivity index (χ4n) is 3.52. The van der Waals surface area contributed by atoms with E-state index in [1.165, 1.54) is 6.42 Å². The van der Waals surface area contributed by atoms with Gasteiger partial charge in [-0.1, -0.05) is 0 Å². The Bertz CT molecular complexity index is 528. The van der Waals surface area contributed by atoms with E-state index in [1.807, 2.05) is 18.2 Å². The second-order valence-corrected chi connectivity index (χ2v) is 5.61. The zero-order chi connectivity index (χ0) is 12.8. The minimum atomic E-state index is 0.140. The van der Waals surface area contributed by atoms with Crippen molar-refractivity contribution in [2.24, 2.45) is 5.92 Å². The van der Waals surface area contributed by atoms with Gasteiger partial charge < -0.3 is 14.8 Å². The van der Waals surface area contributed by atoms with E-state index in [-0.39, 0.29) is 11.7 Å². The van der Waals surface area contributed by atoms with Gasteiger partial charge >= 0.3 is 0 Å². The van der Waals surface area contributed by atoms with E-state index >= 15 is 0 Å². The van der Waals surface area contributed by atoms with Crippen LogP contribution in [0.1, 0.15) is 29.6 Å². The number of hydrogen-bond acceptors (Lipinski definition) is 4. The number of carbonyl (C=O) groups is 1. The highest BCUT2D eigenvalue weighted by Crippen LogP contribution is 2.37. The van der Waals surface area contributed by atoms with Crippen molar-refractivity contribution in [1.82, 2.24) is 5.32 Å². The summed E-state index contributed by atoms with van der Waals surface area (Å²) in [5, 5.41) is 3.51. The maximum absolute atomic E-state index is 12.6. The molecule has 3 aliphatic heterocycles. The molecule has 0 aliphatic carbocycles. The Balaban J connectivity index is 1.60. The zero-order valence-corrected chi connectivity index (χ0v) is 10.7. The molecule has 100 valence electrons. The Labute approximate surface area is 112 Å². The van der Waals surface area contributed by atoms with Crippen LogP contribution >= 0.6 is 0 Å². The Morgan fingerprint density at radius 1 is 1.16 bits per heavy atom. The van der Waals surface area contributed by atoms with Crippen molar-refractivity contribution in [2.45, 2.75) is 31.3 Å². The van der Waals surface area contributed by atoms with Crippen LogP contribution in [-0.2, 0) is 0 Å². The van der Waals surface area contributed by atoms with Gasteiger partial charge in [-0.15, -0.1) is 0 Å². The number of nitrogens with one attached hydrogen (secondary N) is 1. The molecule has 3 aliphatic rings. The zero-order valence-electron chi connectivity index (χ0n) is 10.7. The van der Waals surface area contributed by atoms with E-state index in [9.17, 15) is 4.79 Å². The van der Waals surface area contributed by atoms with E-state index < -0.39 is 0 Å². The highest BCUT2D eigenvalue weighted by Gasteiger charge is 2.42. The average molecular weight is 259 g/mol. The maximum atomic E-state index is 12.6. The van der Waals surface area contributed by atoms with Crippen LogP contribution in [0, 0.1) is 5.92 Å². The van der Waals surface area contributed by atoms with Gasteiger partial charge in [-0.3, -0.25) is 4.79 Å². The number of ether oxygens (including phenoxy) is 2. The van der Waals surface area contributed by atoms with Gasteiger partial charge in [-0.25, -0.2) is 0 Å². The number of carbonyl (C=O) groups excluding carboxylic acids is 1. The van der Waals surface area contributed by atoms with Gasteiger partial charge in [0.1, 0.15) is 13.2 Å². The van der Waals surface area contributed by atoms with Crippen molar-refractivity contribution in [3.8, 4) is 11.5 Å². The topological polar surface area (TPSA) is 47.6 Å². The van der Waals surface area contributed by atoms with Gasteiger partial charge in [0.05, 0.1) is 0 Å². The van der Waals surface area contributed by atoms with Crippen LogP contribution in [0.2, 0.25) is 0 Å². The van der Waals surface area contributed by atoms with Gasteiger partial charge in [-0.2, -0.15) is 0 Å². The van der Waals surface area contributed by atoms with Crippen molar-refractivity contribution >= 4 is 5.78 Å². The van der Waals surface area contributed by atoms with E-state index in [1.54, 1.807) is 0 Å². The largest absolute Gasteiger partial charge is 0.486 e. The summed E-state index contributed by atoms with van der Waals surface area (Å²) in [7, 11) is 0. The fourth-order valence-corrected chi connectivity index (χ4v) is 3.52. The number of ketones is 1. The third-order valence-corrected chi connectivity index (χ3v) is 4.46. The molecule has 4 nitrogen and oxygen atoms in total. The van der Waals surface area contributed by atoms with Crippen molar-refractivity contribution in [1.29, 1.82) is 0 Å². The van der Waals surface area contributed by atoms with Gasteiger partial charge in [0.25, 0.3) is 0 Å². The fraction of sp³-hybridized carbons (Fsp3) is 0.533. The van der Waals surface area contributed by atoms with Crippen molar-refractivity contribution < 1.29 is 14.3 Å². The molecule has 0 aromatic heterocycles. The minimum absolute atomic E-state index is 0.140. The summed E-state index contributed by atoms with van der Waals surface area (Å²) in [6.07, 6.45) is 3.33. The number of fused-ring (bicyclic) bond motifs is 3. The highest BCUT2D eigenvalue weighted by atomic mass is 16.6. The van der Waals surface area contributed by atoms with Gasteiger partial charge in [0, 0.05) is 23.6 Å². The molecule has 3 atom stereocenters. The SMILES string of the molecule is O=C(c1ccc2c(c1)OCCO2)C1CC2CCC1N2. The van der Waals surface area contributed by atoms with Crippen LogP contribution in [-0.4, -0.2) is 31.1 Å². The number of benzene rings is 1. The molecule has 2 fully saturated rings. The highest BCUT2D eigenvalue weighted by molar-refractivity contribution is 5.99. The minimum Gasteiger partial charge on any atom is -0.486 e. The smallest absolute Gasteiger partial charge is 0.167 e. The summed E-state index contributed by atoms with van der Waals surface area (Å²) in [6.45, 7) is 1.14. The summed E-state index contributed by atoms with van der Waals surface area (Å²) < 4.78 is 11.0. The molecule has 19 heavy (non-hydrogen) atoms. The van der Waals surface area contributed by atoms with Crippen molar-refractivity contribution in [3.05, 3.63) is 23.8 Å². The van der Waals surface area contributed by atoms with Crippen molar-refractivity contribution in [3.63, 3.8) is 0 Å². The first-order chi connectivity index (χ1) is 9.31. The Morgan fingerprint density at radius 3 is 2.74 bits per heavy atom. The van der Waals surface area contributed by atoms with E-state index in [2.05, 4.69) is 5.32 Å². The molecule has 2 saturated heterocycles. The molecule has 3 heterocycles. The second-order valence-electron chi connectivity index (χ2n) is 5.61. The Kier molecular flexibility index (Phi) is 2.52. The molecule has 0 saturated carbocycles. The van der Waals surface area contributed by atoms with Gasteiger partial charge in [0.15, 0.2) is 17.3 Å². The first-order valence-electron chi connectivity index (χ1n) is 7.01. The lowest BCUT2D eigenvalue weighted by molar-refractivity contribution is 0.0899. The number of Topliss-reactive ketones (excluding diaryl/α,β-unsaturated/α-hetero) is 1. The molecule has 1 aromatic carbocycles. The Hall–Kier alpha value is -1.55. The van der Waals surface area contributed by atoms with E-state index in [4.69, 9.17) is 9.47 Å². The lowest BCUT2D eigenvalue weighted by Gasteiger charge is -2.21. The van der Waals surface area contributed by atoms with E-state index in [0.29, 0.717) is 31.0 Å². The van der Waals surface area contributed by atoms with Crippen LogP contribution < -0.4 is 14.8 Å². The number of hydrogen-bond donors (Lipinski definition) is 1. The monoisotopic (exact) mass is 259 g/mol. The average Bonchev–Trinajstić information content (AvgIpc) is 3.08. The van der Waals surface area contributed by atoms with Gasteiger partial charge in [-0.05, 0) is 37.5 Å². The molecule has 0 spiro atoms. The molecular formula is C15H17NO3. The summed E-state index contributed by atoms with van der Waals surface area (Å²) in [4.78, 5) is 12.6. The van der Waals surface area contributed by atoms with Crippen molar-refractivity contribution in [2.75, 3.05) is 13.2 Å². The third-order valence-electron chi connectivity index (χ3n) is 4.46. The molecule has 0 radical (unpaired) electrons. The first kappa shape index (κ1) is 11.3. The Morgan fingerprint density at radius 2 is 2.00 bits per heavy atom. The first-order valence-corrected chi connectivity index (χ1v) is 7.01. The molecule has 4 heteroatoms. The molecule has 4 rings (SSSR count). The predicted octanol–water partition coefficient (Wildman–Crippen LogP) is 1.78. The van der Waals surface area contributed by atoms with Crippen LogP contribution in [0.25, 0.3) is 0 Å². The quantitative estimate of drug-likeness (QED) is 0.822. The summed E-state index contributed by atoms with van der Waals surface area (Å²) >= 11 is 0. The molecule has 0 amide bonds. The third kappa shape index (κ3) is 1.82.